The van der Waals surface area contributed by atoms with Crippen LogP contribution in [0.3, 0.4) is 0 Å². The minimum atomic E-state index is -3.72. The summed E-state index contributed by atoms with van der Waals surface area (Å²) in [6.07, 6.45) is 1.43. The summed E-state index contributed by atoms with van der Waals surface area (Å²) in [4.78, 5) is 13.2. The number of nitrogens with zero attached hydrogens (tertiary/aromatic N) is 1. The van der Waals surface area contributed by atoms with Gasteiger partial charge < -0.3 is 5.32 Å². The van der Waals surface area contributed by atoms with E-state index in [0.717, 1.165) is 28.5 Å². The van der Waals surface area contributed by atoms with Gasteiger partial charge in [0.25, 0.3) is 0 Å². The van der Waals surface area contributed by atoms with Crippen LogP contribution in [0.4, 0.5) is 5.69 Å². The molecule has 0 saturated heterocycles. The van der Waals surface area contributed by atoms with Crippen LogP contribution in [0, 0.1) is 20.8 Å². The lowest BCUT2D eigenvalue weighted by molar-refractivity contribution is -0.122. The number of halogens is 1. The molecule has 0 spiro atoms. The number of aryl methyl sites for hydroxylation is 3. The topological polar surface area (TPSA) is 66.5 Å². The van der Waals surface area contributed by atoms with E-state index in [1.54, 1.807) is 32.0 Å². The van der Waals surface area contributed by atoms with Gasteiger partial charge in [-0.2, -0.15) is 0 Å². The highest BCUT2D eigenvalue weighted by Gasteiger charge is 2.33. The maximum absolute atomic E-state index is 13.2. The number of rotatable bonds is 7. The van der Waals surface area contributed by atoms with Crippen LogP contribution in [0.25, 0.3) is 0 Å². The molecule has 0 radical (unpaired) electrons. The van der Waals surface area contributed by atoms with E-state index in [0.29, 0.717) is 17.1 Å². The molecule has 7 heteroatoms. The third-order valence-electron chi connectivity index (χ3n) is 5.00. The minimum absolute atomic E-state index is 0.252. The van der Waals surface area contributed by atoms with E-state index in [-0.39, 0.29) is 11.9 Å². The van der Waals surface area contributed by atoms with Crippen molar-refractivity contribution >= 4 is 33.2 Å². The van der Waals surface area contributed by atoms with Gasteiger partial charge >= 0.3 is 0 Å². The molecule has 158 valence electrons. The summed E-state index contributed by atoms with van der Waals surface area (Å²) in [6, 6.07) is 9.98. The molecule has 1 amide bonds. The molecule has 2 rings (SSSR count). The fraction of sp³-hybridized carbons (Fsp3) is 0.409. The number of hydrogen-bond acceptors (Lipinski definition) is 3. The van der Waals surface area contributed by atoms with Crippen molar-refractivity contribution in [2.24, 2.45) is 0 Å². The quantitative estimate of drug-likeness (QED) is 0.684. The Hall–Kier alpha value is -2.05. The summed E-state index contributed by atoms with van der Waals surface area (Å²) in [5, 5.41) is 3.41. The highest BCUT2D eigenvalue weighted by Crippen LogP contribution is 2.29. The molecule has 2 aromatic rings. The Balaban J connectivity index is 2.41. The van der Waals surface area contributed by atoms with E-state index >= 15 is 0 Å². The van der Waals surface area contributed by atoms with Crippen LogP contribution in [0.5, 0.6) is 0 Å². The molecule has 0 bridgehead atoms. The van der Waals surface area contributed by atoms with Crippen molar-refractivity contribution in [1.82, 2.24) is 5.32 Å². The first-order chi connectivity index (χ1) is 13.5. The molecule has 0 aliphatic heterocycles. The summed E-state index contributed by atoms with van der Waals surface area (Å²) in [5.74, 6) is -0.342. The van der Waals surface area contributed by atoms with Gasteiger partial charge in [-0.3, -0.25) is 9.10 Å². The first-order valence-corrected chi connectivity index (χ1v) is 11.8. The van der Waals surface area contributed by atoms with Gasteiger partial charge in [0.05, 0.1) is 18.0 Å². The first kappa shape index (κ1) is 23.2. The fourth-order valence-electron chi connectivity index (χ4n) is 3.47. The molecule has 2 aromatic carbocycles. The van der Waals surface area contributed by atoms with Crippen molar-refractivity contribution in [3.8, 4) is 0 Å². The largest absolute Gasteiger partial charge is 0.348 e. The van der Waals surface area contributed by atoms with Gasteiger partial charge in [0.2, 0.25) is 15.9 Å². The summed E-state index contributed by atoms with van der Waals surface area (Å²) in [6.45, 7) is 9.49. The average Bonchev–Trinajstić information content (AvgIpc) is 2.62. The smallest absolute Gasteiger partial charge is 0.244 e. The van der Waals surface area contributed by atoms with Crippen molar-refractivity contribution in [3.63, 3.8) is 0 Å². The van der Waals surface area contributed by atoms with Gasteiger partial charge in [0.1, 0.15) is 6.04 Å². The molecule has 0 fully saturated rings. The number of amides is 1. The third kappa shape index (κ3) is 5.52. The molecule has 0 aromatic heterocycles. The highest BCUT2D eigenvalue weighted by atomic mass is 35.5. The number of carbonyl (C=O) groups excluding carboxylic acids is 1. The lowest BCUT2D eigenvalue weighted by atomic mass is 9.99. The number of hydrogen-bond donors (Lipinski definition) is 1. The van der Waals surface area contributed by atoms with Crippen molar-refractivity contribution < 1.29 is 13.2 Å². The van der Waals surface area contributed by atoms with Crippen molar-refractivity contribution in [2.75, 3.05) is 10.6 Å². The van der Waals surface area contributed by atoms with Gasteiger partial charge in [-0.05, 0) is 62.9 Å². The normalized spacial score (nSPS) is 13.6. The molecule has 0 saturated carbocycles. The highest BCUT2D eigenvalue weighted by molar-refractivity contribution is 7.92. The predicted molar refractivity (Wildman–Crippen MR) is 120 cm³/mol. The van der Waals surface area contributed by atoms with E-state index in [9.17, 15) is 13.2 Å². The SMILES string of the molecule is CC[C@@H](C(=O)N[C@H](C)c1cc(C)ccc1C)N(c1cc(Cl)ccc1C)S(C)(=O)=O. The van der Waals surface area contributed by atoms with Crippen LogP contribution in [0.1, 0.15) is 48.6 Å². The number of anilines is 1. The molecule has 0 aliphatic carbocycles. The van der Waals surface area contributed by atoms with E-state index in [1.807, 2.05) is 39.0 Å². The molecule has 0 heterocycles. The Morgan fingerprint density at radius 2 is 1.72 bits per heavy atom. The zero-order valence-corrected chi connectivity index (χ0v) is 19.4. The summed E-state index contributed by atoms with van der Waals surface area (Å²) in [7, 11) is -3.72. The monoisotopic (exact) mass is 436 g/mol. The fourth-order valence-corrected chi connectivity index (χ4v) is 4.90. The van der Waals surface area contributed by atoms with Crippen LogP contribution in [-0.4, -0.2) is 26.6 Å². The van der Waals surface area contributed by atoms with Crippen molar-refractivity contribution in [3.05, 3.63) is 63.7 Å². The second kappa shape index (κ2) is 9.18. The van der Waals surface area contributed by atoms with Crippen molar-refractivity contribution in [1.29, 1.82) is 0 Å². The van der Waals surface area contributed by atoms with Gasteiger partial charge in [0, 0.05) is 5.02 Å². The average molecular weight is 437 g/mol. The van der Waals surface area contributed by atoms with Crippen LogP contribution in [0.2, 0.25) is 5.02 Å². The number of nitrogens with one attached hydrogen (secondary N) is 1. The van der Waals surface area contributed by atoms with E-state index < -0.39 is 16.1 Å². The van der Waals surface area contributed by atoms with Crippen molar-refractivity contribution in [2.45, 2.75) is 53.1 Å². The zero-order chi connectivity index (χ0) is 21.9. The predicted octanol–water partition coefficient (Wildman–Crippen LogP) is 4.69. The summed E-state index contributed by atoms with van der Waals surface area (Å²) >= 11 is 6.11. The number of carbonyl (C=O) groups is 1. The van der Waals surface area contributed by atoms with Gasteiger partial charge in [0.15, 0.2) is 0 Å². The van der Waals surface area contributed by atoms with Crippen LogP contribution in [-0.2, 0) is 14.8 Å². The lowest BCUT2D eigenvalue weighted by Crippen LogP contribution is -2.50. The Morgan fingerprint density at radius 3 is 2.31 bits per heavy atom. The molecule has 5 nitrogen and oxygen atoms in total. The molecule has 1 N–H and O–H groups in total. The second-order valence-electron chi connectivity index (χ2n) is 7.50. The summed E-state index contributed by atoms with van der Waals surface area (Å²) in [5.41, 5.74) is 4.33. The Kier molecular flexibility index (Phi) is 7.35. The maximum atomic E-state index is 13.2. The van der Waals surface area contributed by atoms with E-state index in [4.69, 9.17) is 11.6 Å². The number of sulfonamides is 1. The number of benzene rings is 2. The molecular weight excluding hydrogens is 408 g/mol. The molecule has 2 atom stereocenters. The molecule has 0 unspecified atom stereocenters. The first-order valence-electron chi connectivity index (χ1n) is 9.58. The third-order valence-corrected chi connectivity index (χ3v) is 6.40. The molecular formula is C22H29ClN2O3S. The Morgan fingerprint density at radius 1 is 1.10 bits per heavy atom. The van der Waals surface area contributed by atoms with Gasteiger partial charge in [-0.1, -0.05) is 48.4 Å². The standard InChI is InChI=1S/C22H29ClN2O3S/c1-7-20(22(26)24-17(5)19-12-14(2)8-9-15(19)3)25(29(6,27)28)21-13-18(23)11-10-16(21)4/h8-13,17,20H,7H2,1-6H3,(H,24,26)/t17-,20+/m1/s1. The van der Waals surface area contributed by atoms with E-state index in [1.165, 1.54) is 4.31 Å². The van der Waals surface area contributed by atoms with Gasteiger partial charge in [-0.25, -0.2) is 8.42 Å². The van der Waals surface area contributed by atoms with Gasteiger partial charge in [-0.15, -0.1) is 0 Å². The Bertz CT molecular complexity index is 1010. The molecule has 0 aliphatic rings. The second-order valence-corrected chi connectivity index (χ2v) is 9.80. The van der Waals surface area contributed by atoms with Crippen LogP contribution >= 0.6 is 11.6 Å². The lowest BCUT2D eigenvalue weighted by Gasteiger charge is -2.32. The zero-order valence-electron chi connectivity index (χ0n) is 17.8. The van der Waals surface area contributed by atoms with Crippen LogP contribution in [0.15, 0.2) is 36.4 Å². The molecule has 29 heavy (non-hydrogen) atoms. The van der Waals surface area contributed by atoms with Crippen LogP contribution < -0.4 is 9.62 Å². The van der Waals surface area contributed by atoms with E-state index in [2.05, 4.69) is 5.32 Å². The summed E-state index contributed by atoms with van der Waals surface area (Å²) < 4.78 is 26.5. The Labute approximate surface area is 179 Å². The maximum Gasteiger partial charge on any atom is 0.244 e. The minimum Gasteiger partial charge on any atom is -0.348 e.